The molecule has 0 spiro atoms. The van der Waals surface area contributed by atoms with E-state index in [9.17, 15) is 23.9 Å². The average molecular weight is 472 g/mol. The summed E-state index contributed by atoms with van der Waals surface area (Å²) in [5.41, 5.74) is -1.89. The van der Waals surface area contributed by atoms with Crippen LogP contribution in [0.5, 0.6) is 5.75 Å². The summed E-state index contributed by atoms with van der Waals surface area (Å²) >= 11 is 0. The van der Waals surface area contributed by atoms with E-state index >= 15 is 0 Å². The van der Waals surface area contributed by atoms with Gasteiger partial charge in [-0.1, -0.05) is 12.1 Å². The van der Waals surface area contributed by atoms with Crippen molar-refractivity contribution in [3.63, 3.8) is 0 Å². The van der Waals surface area contributed by atoms with Gasteiger partial charge in [0.15, 0.2) is 11.5 Å². The largest absolute Gasteiger partial charge is 0.501 e. The van der Waals surface area contributed by atoms with Gasteiger partial charge >= 0.3 is 6.09 Å². The molecule has 182 valence electrons. The van der Waals surface area contributed by atoms with Crippen molar-refractivity contribution in [3.8, 4) is 5.75 Å². The van der Waals surface area contributed by atoms with E-state index in [0.717, 1.165) is 18.4 Å². The Kier molecular flexibility index (Phi) is 6.22. The zero-order chi connectivity index (χ0) is 24.7. The lowest BCUT2D eigenvalue weighted by Crippen LogP contribution is -2.51. The highest BCUT2D eigenvalue weighted by Crippen LogP contribution is 2.43. The Morgan fingerprint density at radius 3 is 2.50 bits per heavy atom. The van der Waals surface area contributed by atoms with E-state index < -0.39 is 34.3 Å². The van der Waals surface area contributed by atoms with Crippen LogP contribution in [-0.4, -0.2) is 32.1 Å². The second kappa shape index (κ2) is 8.85. The van der Waals surface area contributed by atoms with Crippen LogP contribution in [0.4, 0.5) is 9.18 Å². The number of nitrogens with one attached hydrogen (secondary N) is 1. The summed E-state index contributed by atoms with van der Waals surface area (Å²) in [6, 6.07) is 5.79. The summed E-state index contributed by atoms with van der Waals surface area (Å²) in [5.74, 6) is -1.04. The molecule has 0 atom stereocenters. The second-order valence-corrected chi connectivity index (χ2v) is 10.3. The van der Waals surface area contributed by atoms with Gasteiger partial charge in [0.1, 0.15) is 22.8 Å². The van der Waals surface area contributed by atoms with Gasteiger partial charge in [-0.3, -0.25) is 14.2 Å². The lowest BCUT2D eigenvalue weighted by molar-refractivity contribution is 0.0406. The maximum atomic E-state index is 13.1. The van der Waals surface area contributed by atoms with Gasteiger partial charge in [0.2, 0.25) is 5.75 Å². The molecule has 1 fully saturated rings. The highest BCUT2D eigenvalue weighted by molar-refractivity contribution is 5.96. The number of amides is 1. The average Bonchev–Trinajstić information content (AvgIpc) is 3.00. The molecular weight excluding hydrogens is 441 g/mol. The van der Waals surface area contributed by atoms with Gasteiger partial charge in [-0.05, 0) is 76.5 Å². The Balaban J connectivity index is 1.68. The van der Waals surface area contributed by atoms with Gasteiger partial charge in [-0.15, -0.1) is 0 Å². The van der Waals surface area contributed by atoms with Crippen LogP contribution in [0, 0.1) is 11.7 Å². The van der Waals surface area contributed by atoms with Crippen molar-refractivity contribution in [3.05, 3.63) is 57.5 Å². The van der Waals surface area contributed by atoms with Crippen molar-refractivity contribution in [2.24, 2.45) is 5.92 Å². The third kappa shape index (κ3) is 4.83. The smallest absolute Gasteiger partial charge is 0.408 e. The molecule has 1 aromatic carbocycles. The van der Waals surface area contributed by atoms with Crippen molar-refractivity contribution >= 4 is 11.9 Å². The predicted octanol–water partition coefficient (Wildman–Crippen LogP) is 3.83. The molecule has 1 aromatic heterocycles. The number of halogens is 1. The number of nitrogens with zero attached hydrogens (tertiary/aromatic N) is 2. The van der Waals surface area contributed by atoms with Crippen LogP contribution < -0.4 is 10.9 Å². The molecule has 3 aliphatic rings. The minimum absolute atomic E-state index is 0.00972. The first-order valence-electron chi connectivity index (χ1n) is 11.6. The Hall–Kier alpha value is -3.23. The number of ketones is 1. The summed E-state index contributed by atoms with van der Waals surface area (Å²) in [6.07, 6.45) is 2.33. The summed E-state index contributed by atoms with van der Waals surface area (Å²) in [5, 5.41) is 13.5. The van der Waals surface area contributed by atoms with Gasteiger partial charge < -0.3 is 15.2 Å². The zero-order valence-electron chi connectivity index (χ0n) is 19.7. The quantitative estimate of drug-likeness (QED) is 0.642. The van der Waals surface area contributed by atoms with Crippen LogP contribution in [0.1, 0.15) is 74.8 Å². The molecule has 1 saturated carbocycles. The maximum absolute atomic E-state index is 13.1. The predicted molar refractivity (Wildman–Crippen MR) is 122 cm³/mol. The molecule has 5 rings (SSSR count). The fourth-order valence-corrected chi connectivity index (χ4v) is 4.82. The van der Waals surface area contributed by atoms with Gasteiger partial charge in [0.05, 0.1) is 0 Å². The molecule has 2 N–H and O–H groups in total. The molecule has 9 heteroatoms. The Labute approximate surface area is 197 Å². The third-order valence-electron chi connectivity index (χ3n) is 6.53. The van der Waals surface area contributed by atoms with Crippen LogP contribution in [0.25, 0.3) is 0 Å². The Morgan fingerprint density at radius 1 is 1.24 bits per heavy atom. The van der Waals surface area contributed by atoms with Crippen LogP contribution >= 0.6 is 0 Å². The van der Waals surface area contributed by atoms with Crippen molar-refractivity contribution in [2.75, 3.05) is 0 Å². The maximum Gasteiger partial charge on any atom is 0.408 e. The summed E-state index contributed by atoms with van der Waals surface area (Å²) in [6.45, 7) is 5.67. The molecule has 3 heterocycles. The van der Waals surface area contributed by atoms with Crippen molar-refractivity contribution in [1.29, 1.82) is 0 Å². The minimum atomic E-state index is -0.964. The molecule has 0 unspecified atom stereocenters. The van der Waals surface area contributed by atoms with Crippen LogP contribution in [-0.2, 0) is 23.2 Å². The lowest BCUT2D eigenvalue weighted by atomic mass is 9.77. The number of benzene rings is 1. The molecule has 0 saturated heterocycles. The number of hydrogen-bond acceptors (Lipinski definition) is 6. The van der Waals surface area contributed by atoms with Gasteiger partial charge in [-0.25, -0.2) is 14.2 Å². The standard InChI is InChI=1S/C25H30FN3O5/c1-24(2,3)34-23(33)28-25-12-10-16(11-13-25)14-29-21(32)20(31)19(27-22(25)29)18(30)9-6-15-4-7-17(26)8-5-15/h4-5,7-8,16,31H,6,9-14H2,1-3H3,(H,28,33). The first kappa shape index (κ1) is 23.9. The third-order valence-corrected chi connectivity index (χ3v) is 6.53. The summed E-state index contributed by atoms with van der Waals surface area (Å²) in [7, 11) is 0. The number of hydrogen-bond donors (Lipinski definition) is 2. The van der Waals surface area contributed by atoms with Crippen LogP contribution in [0.2, 0.25) is 0 Å². The molecule has 34 heavy (non-hydrogen) atoms. The SMILES string of the molecule is CC(C)(C)OC(=O)NC12CCC(CC1)Cn1c2nc(C(=O)CCc2ccc(F)cc2)c(O)c1=O. The Bertz CT molecular complexity index is 1160. The first-order valence-corrected chi connectivity index (χ1v) is 11.6. The van der Waals surface area contributed by atoms with Gasteiger partial charge in [-0.2, -0.15) is 0 Å². The molecular formula is C25H30FN3O5. The van der Waals surface area contributed by atoms with E-state index in [-0.39, 0.29) is 29.7 Å². The van der Waals surface area contributed by atoms with E-state index in [1.807, 2.05) is 0 Å². The number of Topliss-reactive ketones (excluding diaryl/α,β-unsaturated/α-hetero) is 1. The van der Waals surface area contributed by atoms with Crippen LogP contribution in [0.3, 0.4) is 0 Å². The van der Waals surface area contributed by atoms with E-state index in [1.165, 1.54) is 16.7 Å². The van der Waals surface area contributed by atoms with E-state index in [2.05, 4.69) is 10.3 Å². The van der Waals surface area contributed by atoms with Gasteiger partial charge in [0, 0.05) is 13.0 Å². The number of alkyl carbamates (subject to hydrolysis) is 1. The van der Waals surface area contributed by atoms with Gasteiger partial charge in [0.25, 0.3) is 5.56 Å². The number of aromatic nitrogens is 2. The highest BCUT2D eigenvalue weighted by Gasteiger charge is 2.46. The second-order valence-electron chi connectivity index (χ2n) is 10.3. The fourth-order valence-electron chi connectivity index (χ4n) is 4.82. The topological polar surface area (TPSA) is 111 Å². The number of aryl methyl sites for hydroxylation is 1. The molecule has 8 nitrogen and oxygen atoms in total. The molecule has 1 amide bonds. The van der Waals surface area contributed by atoms with Crippen molar-refractivity contribution in [2.45, 2.75) is 77.0 Å². The molecule has 0 radical (unpaired) electrons. The molecule has 1 aliphatic carbocycles. The summed E-state index contributed by atoms with van der Waals surface area (Å²) in [4.78, 5) is 43.3. The van der Waals surface area contributed by atoms with E-state index in [0.29, 0.717) is 25.8 Å². The zero-order valence-corrected chi connectivity index (χ0v) is 19.7. The lowest BCUT2D eigenvalue weighted by Gasteiger charge is -2.37. The number of fused-ring (bicyclic) bond motifs is 2. The molecule has 2 bridgehead atoms. The number of carbonyl (C=O) groups is 2. The van der Waals surface area contributed by atoms with Crippen molar-refractivity contribution < 1.29 is 23.8 Å². The normalized spacial score (nSPS) is 21.5. The highest BCUT2D eigenvalue weighted by atomic mass is 19.1. The number of ether oxygens (including phenoxy) is 1. The van der Waals surface area contributed by atoms with Crippen LogP contribution in [0.15, 0.2) is 29.1 Å². The monoisotopic (exact) mass is 471 g/mol. The number of aromatic hydroxyl groups is 1. The number of carbonyl (C=O) groups excluding carboxylic acids is 2. The first-order chi connectivity index (χ1) is 16.0. The minimum Gasteiger partial charge on any atom is -0.501 e. The molecule has 2 aromatic rings. The summed E-state index contributed by atoms with van der Waals surface area (Å²) < 4.78 is 20.0. The van der Waals surface area contributed by atoms with E-state index in [1.54, 1.807) is 32.9 Å². The van der Waals surface area contributed by atoms with Crippen molar-refractivity contribution in [1.82, 2.24) is 14.9 Å². The number of rotatable bonds is 5. The van der Waals surface area contributed by atoms with E-state index in [4.69, 9.17) is 4.74 Å². The Morgan fingerprint density at radius 2 is 1.88 bits per heavy atom. The molecule has 2 aliphatic heterocycles. The fraction of sp³-hybridized carbons (Fsp3) is 0.520.